The number of hydrogen-bond donors (Lipinski definition) is 1. The molecule has 0 aliphatic carbocycles. The topological polar surface area (TPSA) is 60.3 Å². The summed E-state index contributed by atoms with van der Waals surface area (Å²) in [6.45, 7) is 2.59. The Kier molecular flexibility index (Phi) is 4.81. The normalized spacial score (nSPS) is 15.7. The second-order valence-electron chi connectivity index (χ2n) is 6.63. The Morgan fingerprint density at radius 2 is 2.00 bits per heavy atom. The number of ether oxygens (including phenoxy) is 1. The van der Waals surface area contributed by atoms with Gasteiger partial charge < -0.3 is 10.1 Å². The van der Waals surface area contributed by atoms with E-state index in [1.54, 1.807) is 0 Å². The molecule has 0 spiro atoms. The van der Waals surface area contributed by atoms with E-state index in [-0.39, 0.29) is 23.4 Å². The standard InChI is InChI=1S/C21H20N2O3S/c1-14-6-8-15(9-7-14)18-13-27-21(25)23(18)12-20(24)22-17-10-11-26-19-5-3-2-4-16(17)19/h2-9,13,17H,10-12H2,1H3,(H,22,24). The molecule has 1 aromatic heterocycles. The van der Waals surface area contributed by atoms with E-state index >= 15 is 0 Å². The number of aryl methyl sites for hydroxylation is 1. The molecule has 27 heavy (non-hydrogen) atoms. The number of benzene rings is 2. The van der Waals surface area contributed by atoms with Crippen LogP contribution in [0.15, 0.2) is 58.7 Å². The van der Waals surface area contributed by atoms with Gasteiger partial charge in [-0.3, -0.25) is 14.2 Å². The van der Waals surface area contributed by atoms with E-state index in [9.17, 15) is 9.59 Å². The Balaban J connectivity index is 1.54. The van der Waals surface area contributed by atoms with Crippen LogP contribution in [-0.2, 0) is 11.3 Å². The van der Waals surface area contributed by atoms with Crippen LogP contribution in [0.5, 0.6) is 5.75 Å². The number of aromatic nitrogens is 1. The molecule has 1 N–H and O–H groups in total. The molecule has 5 nitrogen and oxygen atoms in total. The van der Waals surface area contributed by atoms with Gasteiger partial charge in [-0.2, -0.15) is 0 Å². The molecule has 2 aromatic carbocycles. The van der Waals surface area contributed by atoms with Crippen LogP contribution in [0.4, 0.5) is 0 Å². The van der Waals surface area contributed by atoms with E-state index in [4.69, 9.17) is 4.74 Å². The number of nitrogens with zero attached hydrogens (tertiary/aromatic N) is 1. The fourth-order valence-corrected chi connectivity index (χ4v) is 4.07. The molecule has 0 saturated heterocycles. The lowest BCUT2D eigenvalue weighted by molar-refractivity contribution is -0.122. The minimum absolute atomic E-state index is 0.00503. The fraction of sp³-hybridized carbons (Fsp3) is 0.238. The third-order valence-electron chi connectivity index (χ3n) is 4.73. The van der Waals surface area contributed by atoms with Crippen molar-refractivity contribution in [2.24, 2.45) is 0 Å². The van der Waals surface area contributed by atoms with Gasteiger partial charge in [0.1, 0.15) is 12.3 Å². The molecule has 0 bridgehead atoms. The van der Waals surface area contributed by atoms with Crippen LogP contribution in [0, 0.1) is 6.92 Å². The number of carbonyl (C=O) groups excluding carboxylic acids is 1. The van der Waals surface area contributed by atoms with Crippen molar-refractivity contribution in [2.45, 2.75) is 25.9 Å². The van der Waals surface area contributed by atoms with Crippen molar-refractivity contribution in [3.63, 3.8) is 0 Å². The summed E-state index contributed by atoms with van der Waals surface area (Å²) in [7, 11) is 0. The summed E-state index contributed by atoms with van der Waals surface area (Å²) >= 11 is 1.11. The lowest BCUT2D eigenvalue weighted by Gasteiger charge is -2.26. The monoisotopic (exact) mass is 380 g/mol. The zero-order valence-corrected chi connectivity index (χ0v) is 15.8. The first-order chi connectivity index (χ1) is 13.1. The number of nitrogens with one attached hydrogen (secondary N) is 1. The van der Waals surface area contributed by atoms with Crippen LogP contribution < -0.4 is 14.9 Å². The van der Waals surface area contributed by atoms with Crippen molar-refractivity contribution in [2.75, 3.05) is 6.61 Å². The van der Waals surface area contributed by atoms with Crippen molar-refractivity contribution in [3.8, 4) is 17.0 Å². The first-order valence-electron chi connectivity index (χ1n) is 8.88. The summed E-state index contributed by atoms with van der Waals surface area (Å²) in [5, 5.41) is 4.86. The quantitative estimate of drug-likeness (QED) is 0.753. The summed E-state index contributed by atoms with van der Waals surface area (Å²) in [5.41, 5.74) is 3.84. The van der Waals surface area contributed by atoms with Crippen molar-refractivity contribution in [3.05, 3.63) is 74.7 Å². The van der Waals surface area contributed by atoms with Gasteiger partial charge in [0.05, 0.1) is 18.3 Å². The lowest BCUT2D eigenvalue weighted by Crippen LogP contribution is -2.36. The largest absolute Gasteiger partial charge is 0.493 e. The summed E-state index contributed by atoms with van der Waals surface area (Å²) in [6.07, 6.45) is 0.714. The predicted octanol–water partition coefficient (Wildman–Crippen LogP) is 3.53. The van der Waals surface area contributed by atoms with Crippen molar-refractivity contribution >= 4 is 17.2 Å². The van der Waals surface area contributed by atoms with Crippen LogP contribution in [0.25, 0.3) is 11.3 Å². The zero-order chi connectivity index (χ0) is 18.8. The van der Waals surface area contributed by atoms with Crippen molar-refractivity contribution < 1.29 is 9.53 Å². The van der Waals surface area contributed by atoms with Crippen LogP contribution in [0.1, 0.15) is 23.6 Å². The highest BCUT2D eigenvalue weighted by Gasteiger charge is 2.23. The SMILES string of the molecule is Cc1ccc(-c2csc(=O)n2CC(=O)NC2CCOc3ccccc32)cc1. The molecule has 1 aliphatic rings. The second-order valence-corrected chi connectivity index (χ2v) is 7.45. The Morgan fingerprint density at radius 1 is 1.22 bits per heavy atom. The van der Waals surface area contributed by atoms with E-state index in [0.29, 0.717) is 13.0 Å². The number of thiazole rings is 1. The number of amides is 1. The molecule has 1 aliphatic heterocycles. The summed E-state index contributed by atoms with van der Waals surface area (Å²) < 4.78 is 7.18. The third kappa shape index (κ3) is 3.66. The number of carbonyl (C=O) groups is 1. The molecule has 1 unspecified atom stereocenters. The molecule has 4 rings (SSSR count). The molecule has 3 aromatic rings. The van der Waals surface area contributed by atoms with Gasteiger partial charge >= 0.3 is 4.87 Å². The molecule has 2 heterocycles. The molecular weight excluding hydrogens is 360 g/mol. The number of hydrogen-bond acceptors (Lipinski definition) is 4. The van der Waals surface area contributed by atoms with E-state index in [1.807, 2.05) is 60.8 Å². The average Bonchev–Trinajstić information content (AvgIpc) is 3.03. The fourth-order valence-electron chi connectivity index (χ4n) is 3.31. The molecular formula is C21H20N2O3S. The third-order valence-corrected chi connectivity index (χ3v) is 5.49. The van der Waals surface area contributed by atoms with Crippen molar-refractivity contribution in [1.29, 1.82) is 0 Å². The number of rotatable bonds is 4. The molecule has 1 amide bonds. The molecule has 138 valence electrons. The predicted molar refractivity (Wildman–Crippen MR) is 106 cm³/mol. The Bertz CT molecular complexity index is 1020. The number of para-hydroxylation sites is 1. The molecule has 6 heteroatoms. The maximum Gasteiger partial charge on any atom is 0.308 e. The second kappa shape index (κ2) is 7.40. The summed E-state index contributed by atoms with van der Waals surface area (Å²) in [5.74, 6) is 0.632. The van der Waals surface area contributed by atoms with Crippen molar-refractivity contribution in [1.82, 2.24) is 9.88 Å². The van der Waals surface area contributed by atoms with Gasteiger partial charge in [0.2, 0.25) is 5.91 Å². The molecule has 0 fully saturated rings. The Hall–Kier alpha value is -2.86. The number of fused-ring (bicyclic) bond motifs is 1. The first kappa shape index (κ1) is 17.5. The average molecular weight is 380 g/mol. The van der Waals surface area contributed by atoms with Crippen LogP contribution in [-0.4, -0.2) is 17.1 Å². The highest BCUT2D eigenvalue weighted by Crippen LogP contribution is 2.31. The van der Waals surface area contributed by atoms with Gasteiger partial charge in [-0.1, -0.05) is 59.4 Å². The maximum atomic E-state index is 12.7. The van der Waals surface area contributed by atoms with Gasteiger partial charge in [-0.05, 0) is 18.6 Å². The van der Waals surface area contributed by atoms with Crippen LogP contribution >= 0.6 is 11.3 Å². The van der Waals surface area contributed by atoms with Gasteiger partial charge in [0.25, 0.3) is 0 Å². The first-order valence-corrected chi connectivity index (χ1v) is 9.76. The molecule has 0 saturated carbocycles. The van der Waals surface area contributed by atoms with E-state index in [2.05, 4.69) is 5.32 Å². The van der Waals surface area contributed by atoms with Gasteiger partial charge in [0, 0.05) is 17.4 Å². The van der Waals surface area contributed by atoms with Gasteiger partial charge in [-0.25, -0.2) is 0 Å². The zero-order valence-electron chi connectivity index (χ0n) is 15.0. The molecule has 1 atom stereocenters. The summed E-state index contributed by atoms with van der Waals surface area (Å²) in [4.78, 5) is 24.8. The maximum absolute atomic E-state index is 12.7. The Morgan fingerprint density at radius 3 is 2.81 bits per heavy atom. The Labute approximate surface area is 161 Å². The minimum atomic E-state index is -0.175. The summed E-state index contributed by atoms with van der Waals surface area (Å²) in [6, 6.07) is 15.6. The molecule has 0 radical (unpaired) electrons. The van der Waals surface area contributed by atoms with E-state index in [0.717, 1.165) is 39.5 Å². The lowest BCUT2D eigenvalue weighted by atomic mass is 10.0. The van der Waals surface area contributed by atoms with E-state index < -0.39 is 0 Å². The van der Waals surface area contributed by atoms with Gasteiger partial charge in [0.15, 0.2) is 0 Å². The minimum Gasteiger partial charge on any atom is -0.493 e. The van der Waals surface area contributed by atoms with Crippen LogP contribution in [0.2, 0.25) is 0 Å². The smallest absolute Gasteiger partial charge is 0.308 e. The highest BCUT2D eigenvalue weighted by atomic mass is 32.1. The van der Waals surface area contributed by atoms with E-state index in [1.165, 1.54) is 4.57 Å². The van der Waals surface area contributed by atoms with Gasteiger partial charge in [-0.15, -0.1) is 0 Å². The highest BCUT2D eigenvalue weighted by molar-refractivity contribution is 7.07. The van der Waals surface area contributed by atoms with Crippen LogP contribution in [0.3, 0.4) is 0 Å².